The molecule has 0 bridgehead atoms. The smallest absolute Gasteiger partial charge is 0.329 e. The molecule has 0 radical (unpaired) electrons. The number of carboxylic acids is 1. The van der Waals surface area contributed by atoms with E-state index in [4.69, 9.17) is 21.1 Å². The zero-order valence-electron chi connectivity index (χ0n) is 28.3. The molecule has 1 spiro atoms. The average Bonchev–Trinajstić information content (AvgIpc) is 3.36. The minimum Gasteiger partial charge on any atom is -0.493 e. The van der Waals surface area contributed by atoms with E-state index in [-0.39, 0.29) is 17.7 Å². The van der Waals surface area contributed by atoms with Gasteiger partial charge < -0.3 is 25.2 Å². The Bertz CT molecular complexity index is 1640. The summed E-state index contributed by atoms with van der Waals surface area (Å²) in [5.74, 6) is 1.89. The van der Waals surface area contributed by atoms with Crippen molar-refractivity contribution < 1.29 is 24.2 Å². The summed E-state index contributed by atoms with van der Waals surface area (Å²) in [6, 6.07) is 15.6. The molecule has 2 aromatic carbocycles. The van der Waals surface area contributed by atoms with Gasteiger partial charge >= 0.3 is 5.97 Å². The van der Waals surface area contributed by atoms with Crippen molar-refractivity contribution in [3.05, 3.63) is 82.1 Å². The van der Waals surface area contributed by atoms with Gasteiger partial charge in [-0.3, -0.25) is 9.78 Å². The van der Waals surface area contributed by atoms with Gasteiger partial charge in [0.2, 0.25) is 5.91 Å². The van der Waals surface area contributed by atoms with E-state index in [1.807, 2.05) is 30.5 Å². The van der Waals surface area contributed by atoms with Gasteiger partial charge in [0.05, 0.1) is 19.6 Å². The number of rotatable bonds is 12. The zero-order valence-corrected chi connectivity index (χ0v) is 29.1. The SMILES string of the molecule is CNC(=O)CCOc1ccc2c(c1)C1(CCC(Nc3cccc(Cl)c3)(C(=O)O)CC1)C(C[C@@H](C)COc1ccnc3c1[C@H](C)CCC3)C2. The number of hydrogen-bond donors (Lipinski definition) is 3. The quantitative estimate of drug-likeness (QED) is 0.181. The van der Waals surface area contributed by atoms with Crippen molar-refractivity contribution in [2.24, 2.45) is 11.8 Å². The van der Waals surface area contributed by atoms with E-state index in [1.54, 1.807) is 19.2 Å². The molecule has 8 nitrogen and oxygen atoms in total. The molecule has 3 aliphatic rings. The first kappa shape index (κ1) is 34.1. The Kier molecular flexibility index (Phi) is 10.2. The molecule has 1 saturated carbocycles. The molecule has 6 rings (SSSR count). The van der Waals surface area contributed by atoms with Crippen LogP contribution in [0.1, 0.15) is 93.5 Å². The topological polar surface area (TPSA) is 110 Å². The number of nitrogens with one attached hydrogen (secondary N) is 2. The lowest BCUT2D eigenvalue weighted by molar-refractivity contribution is -0.144. The van der Waals surface area contributed by atoms with E-state index in [0.29, 0.717) is 48.8 Å². The third-order valence-corrected chi connectivity index (χ3v) is 11.4. The molecule has 256 valence electrons. The van der Waals surface area contributed by atoms with Gasteiger partial charge in [-0.25, -0.2) is 4.79 Å². The van der Waals surface area contributed by atoms with Crippen LogP contribution in [-0.2, 0) is 27.8 Å². The Morgan fingerprint density at radius 3 is 2.67 bits per heavy atom. The predicted molar refractivity (Wildman–Crippen MR) is 188 cm³/mol. The number of halogens is 1. The molecule has 3 N–H and O–H groups in total. The summed E-state index contributed by atoms with van der Waals surface area (Å²) >= 11 is 6.26. The zero-order chi connectivity index (χ0) is 33.9. The standard InChI is InChI=1S/C39H48ClN3O5/c1-25(24-48-34-12-18-42-33-9-4-6-26(2)36(33)34)20-28-21-27-10-11-31(47-19-13-35(44)41-3)23-32(27)38(28)14-16-39(17-15-38,37(45)46)43-30-8-5-7-29(40)22-30/h5,7-8,10-12,18,22-23,25-26,28,43H,4,6,9,13-17,19-21,24H2,1-3H3,(H,41,44)(H,45,46)/t25-,26-,28?,38?,39?/m1/s1. The highest BCUT2D eigenvalue weighted by Gasteiger charge is 2.54. The number of aryl methyl sites for hydroxylation is 1. The fourth-order valence-corrected chi connectivity index (χ4v) is 8.74. The Hall–Kier alpha value is -3.78. The van der Waals surface area contributed by atoms with E-state index < -0.39 is 11.5 Å². The summed E-state index contributed by atoms with van der Waals surface area (Å²) in [7, 11) is 1.63. The monoisotopic (exact) mass is 673 g/mol. The van der Waals surface area contributed by atoms with Gasteiger partial charge in [-0.1, -0.05) is 37.6 Å². The van der Waals surface area contributed by atoms with Gasteiger partial charge in [-0.15, -0.1) is 0 Å². The Morgan fingerprint density at radius 2 is 1.92 bits per heavy atom. The van der Waals surface area contributed by atoms with Crippen LogP contribution < -0.4 is 20.1 Å². The number of carbonyl (C=O) groups excluding carboxylic acids is 1. The molecular weight excluding hydrogens is 626 g/mol. The van der Waals surface area contributed by atoms with E-state index in [9.17, 15) is 14.7 Å². The molecule has 1 aromatic heterocycles. The van der Waals surface area contributed by atoms with Crippen LogP contribution in [0.2, 0.25) is 5.02 Å². The maximum atomic E-state index is 12.9. The number of carboxylic acid groups (broad SMARTS) is 1. The number of ether oxygens (including phenoxy) is 2. The maximum Gasteiger partial charge on any atom is 0.329 e. The predicted octanol–water partition coefficient (Wildman–Crippen LogP) is 7.71. The number of aliphatic carboxylic acids is 1. The van der Waals surface area contributed by atoms with Crippen LogP contribution >= 0.6 is 11.6 Å². The van der Waals surface area contributed by atoms with Gasteiger partial charge in [0.1, 0.15) is 17.0 Å². The van der Waals surface area contributed by atoms with Crippen molar-refractivity contribution in [2.75, 3.05) is 25.6 Å². The summed E-state index contributed by atoms with van der Waals surface area (Å²) < 4.78 is 12.6. The highest BCUT2D eigenvalue weighted by Crippen LogP contribution is 2.56. The van der Waals surface area contributed by atoms with Crippen LogP contribution in [0.15, 0.2) is 54.7 Å². The Labute approximate surface area is 289 Å². The molecule has 0 saturated heterocycles. The van der Waals surface area contributed by atoms with Crippen LogP contribution in [-0.4, -0.2) is 47.8 Å². The fourth-order valence-electron chi connectivity index (χ4n) is 8.55. The van der Waals surface area contributed by atoms with Crippen molar-refractivity contribution >= 4 is 29.2 Å². The van der Waals surface area contributed by atoms with Gasteiger partial charge in [0.25, 0.3) is 0 Å². The minimum atomic E-state index is -1.09. The van der Waals surface area contributed by atoms with Crippen LogP contribution in [0.25, 0.3) is 0 Å². The summed E-state index contributed by atoms with van der Waals surface area (Å²) in [5.41, 5.74) is 4.45. The first-order valence-electron chi connectivity index (χ1n) is 17.5. The number of nitrogens with zero attached hydrogens (tertiary/aromatic N) is 1. The second-order valence-electron chi connectivity index (χ2n) is 14.3. The largest absolute Gasteiger partial charge is 0.493 e. The summed E-state index contributed by atoms with van der Waals surface area (Å²) in [6.45, 7) is 5.46. The third-order valence-electron chi connectivity index (χ3n) is 11.1. The van der Waals surface area contributed by atoms with Gasteiger partial charge in [0.15, 0.2) is 0 Å². The number of amides is 1. The van der Waals surface area contributed by atoms with Crippen molar-refractivity contribution in [1.29, 1.82) is 0 Å². The second-order valence-corrected chi connectivity index (χ2v) is 14.7. The fraction of sp³-hybridized carbons (Fsp3) is 0.513. The molecule has 3 aliphatic carbocycles. The summed E-state index contributed by atoms with van der Waals surface area (Å²) in [5, 5.41) is 17.2. The van der Waals surface area contributed by atoms with Crippen LogP contribution in [0.3, 0.4) is 0 Å². The Morgan fingerprint density at radius 1 is 1.10 bits per heavy atom. The van der Waals surface area contributed by atoms with Crippen molar-refractivity contribution in [3.63, 3.8) is 0 Å². The van der Waals surface area contributed by atoms with Crippen LogP contribution in [0.5, 0.6) is 11.5 Å². The third kappa shape index (κ3) is 7.00. The lowest BCUT2D eigenvalue weighted by Gasteiger charge is -2.47. The highest BCUT2D eigenvalue weighted by atomic mass is 35.5. The molecule has 48 heavy (non-hydrogen) atoms. The second kappa shape index (κ2) is 14.4. The number of carbonyl (C=O) groups is 2. The molecule has 0 aliphatic heterocycles. The maximum absolute atomic E-state index is 12.9. The summed E-state index contributed by atoms with van der Waals surface area (Å²) in [6.07, 6.45) is 9.83. The van der Waals surface area contributed by atoms with E-state index in [0.717, 1.165) is 55.7 Å². The molecule has 3 atom stereocenters. The number of aromatic nitrogens is 1. The minimum absolute atomic E-state index is 0.0601. The normalized spacial score (nSPS) is 25.1. The van der Waals surface area contributed by atoms with Gasteiger partial charge in [-0.05, 0) is 128 Å². The molecule has 3 aromatic rings. The van der Waals surface area contributed by atoms with E-state index in [2.05, 4.69) is 41.6 Å². The van der Waals surface area contributed by atoms with Crippen molar-refractivity contribution in [3.8, 4) is 11.5 Å². The number of hydrogen-bond acceptors (Lipinski definition) is 6. The van der Waals surface area contributed by atoms with Crippen molar-refractivity contribution in [1.82, 2.24) is 10.3 Å². The van der Waals surface area contributed by atoms with Gasteiger partial charge in [0, 0.05) is 35.2 Å². The number of fused-ring (bicyclic) bond motifs is 3. The molecular formula is C39H48ClN3O5. The molecule has 9 heteroatoms. The lowest BCUT2D eigenvalue weighted by atomic mass is 9.59. The first-order chi connectivity index (χ1) is 23.1. The van der Waals surface area contributed by atoms with E-state index in [1.165, 1.54) is 28.8 Å². The average molecular weight is 674 g/mol. The highest BCUT2D eigenvalue weighted by molar-refractivity contribution is 6.30. The summed E-state index contributed by atoms with van der Waals surface area (Å²) in [4.78, 5) is 29.4. The molecule has 1 heterocycles. The molecule has 1 amide bonds. The van der Waals surface area contributed by atoms with Crippen LogP contribution in [0.4, 0.5) is 5.69 Å². The lowest BCUT2D eigenvalue weighted by Crippen LogP contribution is -2.53. The number of pyridine rings is 1. The molecule has 1 unspecified atom stereocenters. The van der Waals surface area contributed by atoms with Gasteiger partial charge in [-0.2, -0.15) is 0 Å². The Balaban J connectivity index is 1.23. The first-order valence-corrected chi connectivity index (χ1v) is 17.8. The van der Waals surface area contributed by atoms with E-state index >= 15 is 0 Å². The molecule has 1 fully saturated rings. The number of anilines is 1. The van der Waals surface area contributed by atoms with Crippen molar-refractivity contribution in [2.45, 2.75) is 94.9 Å². The number of benzene rings is 2. The van der Waals surface area contributed by atoms with Crippen LogP contribution in [0, 0.1) is 11.8 Å².